The number of pyridine rings is 2. The molecule has 2 rings (SSSR count). The molecule has 0 bridgehead atoms. The maximum atomic E-state index is 5.68. The topological polar surface area (TPSA) is 37.8 Å². The summed E-state index contributed by atoms with van der Waals surface area (Å²) in [5.41, 5.74) is 1.93. The van der Waals surface area contributed by atoms with Crippen LogP contribution >= 0.6 is 11.6 Å². The molecule has 0 aliphatic carbocycles. The second kappa shape index (κ2) is 4.75. The molecule has 0 unspecified atom stereocenters. The smallest absolute Gasteiger partial charge is 0.129 e. The van der Waals surface area contributed by atoms with Crippen molar-refractivity contribution in [1.29, 1.82) is 0 Å². The Labute approximate surface area is 93.1 Å². The zero-order valence-corrected chi connectivity index (χ0v) is 8.78. The molecule has 0 saturated heterocycles. The molecule has 0 spiro atoms. The van der Waals surface area contributed by atoms with Gasteiger partial charge in [0, 0.05) is 6.20 Å². The first-order valence-electron chi connectivity index (χ1n) is 4.60. The second-order valence-corrected chi connectivity index (χ2v) is 3.43. The van der Waals surface area contributed by atoms with Gasteiger partial charge >= 0.3 is 0 Å². The fourth-order valence-electron chi connectivity index (χ4n) is 1.18. The Kier molecular flexibility index (Phi) is 3.15. The van der Waals surface area contributed by atoms with Crippen molar-refractivity contribution >= 4 is 17.3 Å². The Morgan fingerprint density at radius 3 is 2.73 bits per heavy atom. The third kappa shape index (κ3) is 2.92. The van der Waals surface area contributed by atoms with Crippen LogP contribution in [0.1, 0.15) is 5.69 Å². The number of nitrogens with one attached hydrogen (secondary N) is 1. The maximum Gasteiger partial charge on any atom is 0.129 e. The summed E-state index contributed by atoms with van der Waals surface area (Å²) >= 11 is 5.68. The first kappa shape index (κ1) is 9.93. The van der Waals surface area contributed by atoms with Gasteiger partial charge in [-0.25, -0.2) is 4.98 Å². The van der Waals surface area contributed by atoms with Crippen molar-refractivity contribution < 1.29 is 0 Å². The molecule has 3 nitrogen and oxygen atoms in total. The number of rotatable bonds is 3. The largest absolute Gasteiger partial charge is 0.378 e. The molecule has 76 valence electrons. The van der Waals surface area contributed by atoms with Gasteiger partial charge < -0.3 is 5.32 Å². The van der Waals surface area contributed by atoms with E-state index in [0.717, 1.165) is 11.4 Å². The molecule has 0 fully saturated rings. The van der Waals surface area contributed by atoms with Crippen molar-refractivity contribution in [2.24, 2.45) is 0 Å². The summed E-state index contributed by atoms with van der Waals surface area (Å²) in [6.07, 6.45) is 3.47. The van der Waals surface area contributed by atoms with Gasteiger partial charge in [0.15, 0.2) is 0 Å². The molecule has 0 radical (unpaired) electrons. The molecule has 2 aromatic heterocycles. The number of hydrogen-bond donors (Lipinski definition) is 1. The van der Waals surface area contributed by atoms with Gasteiger partial charge in [0.1, 0.15) is 5.15 Å². The van der Waals surface area contributed by atoms with Gasteiger partial charge in [-0.2, -0.15) is 0 Å². The summed E-state index contributed by atoms with van der Waals surface area (Å²) in [6.45, 7) is 0.685. The average Bonchev–Trinajstić information content (AvgIpc) is 2.30. The van der Waals surface area contributed by atoms with E-state index in [1.54, 1.807) is 18.5 Å². The van der Waals surface area contributed by atoms with Gasteiger partial charge in [0.05, 0.1) is 24.1 Å². The highest BCUT2D eigenvalue weighted by atomic mass is 35.5. The van der Waals surface area contributed by atoms with E-state index in [4.69, 9.17) is 11.6 Å². The Bertz CT molecular complexity index is 414. The van der Waals surface area contributed by atoms with E-state index in [0.29, 0.717) is 11.7 Å². The maximum absolute atomic E-state index is 5.68. The zero-order chi connectivity index (χ0) is 10.5. The molecule has 0 aliphatic heterocycles. The van der Waals surface area contributed by atoms with Crippen LogP contribution in [-0.2, 0) is 6.54 Å². The highest BCUT2D eigenvalue weighted by molar-refractivity contribution is 6.29. The lowest BCUT2D eigenvalue weighted by molar-refractivity contribution is 1.04. The standard InChI is InChI=1S/C11H10ClN3/c12-11-5-4-10(8-15-11)14-7-9-3-1-2-6-13-9/h1-6,8,14H,7H2. The number of anilines is 1. The molecule has 4 heteroatoms. The van der Waals surface area contributed by atoms with Gasteiger partial charge in [-0.05, 0) is 24.3 Å². The Morgan fingerprint density at radius 1 is 1.13 bits per heavy atom. The number of hydrogen-bond acceptors (Lipinski definition) is 3. The first-order chi connectivity index (χ1) is 7.34. The van der Waals surface area contributed by atoms with Crippen LogP contribution < -0.4 is 5.32 Å². The van der Waals surface area contributed by atoms with Crippen molar-refractivity contribution in [2.75, 3.05) is 5.32 Å². The SMILES string of the molecule is Clc1ccc(NCc2ccccn2)cn1. The average molecular weight is 220 g/mol. The predicted molar refractivity (Wildman–Crippen MR) is 60.8 cm³/mol. The minimum atomic E-state index is 0.499. The van der Waals surface area contributed by atoms with E-state index in [2.05, 4.69) is 15.3 Å². The minimum absolute atomic E-state index is 0.499. The second-order valence-electron chi connectivity index (χ2n) is 3.04. The van der Waals surface area contributed by atoms with Crippen LogP contribution in [0, 0.1) is 0 Å². The van der Waals surface area contributed by atoms with Gasteiger partial charge in [-0.15, -0.1) is 0 Å². The summed E-state index contributed by atoms with van der Waals surface area (Å²) in [6, 6.07) is 9.47. The van der Waals surface area contributed by atoms with Crippen LogP contribution in [0.15, 0.2) is 42.7 Å². The summed E-state index contributed by atoms with van der Waals surface area (Å²) in [5, 5.41) is 3.70. The van der Waals surface area contributed by atoms with Crippen LogP contribution in [0.5, 0.6) is 0 Å². The highest BCUT2D eigenvalue weighted by Crippen LogP contribution is 2.10. The van der Waals surface area contributed by atoms with Crippen molar-refractivity contribution in [2.45, 2.75) is 6.54 Å². The van der Waals surface area contributed by atoms with Crippen molar-refractivity contribution in [3.05, 3.63) is 53.6 Å². The monoisotopic (exact) mass is 219 g/mol. The van der Waals surface area contributed by atoms with Crippen molar-refractivity contribution in [3.63, 3.8) is 0 Å². The molecule has 0 atom stereocenters. The summed E-state index contributed by atoms with van der Waals surface area (Å²) in [4.78, 5) is 8.18. The summed E-state index contributed by atoms with van der Waals surface area (Å²) in [7, 11) is 0. The lowest BCUT2D eigenvalue weighted by Gasteiger charge is -2.04. The molecule has 1 N–H and O–H groups in total. The number of halogens is 1. The van der Waals surface area contributed by atoms with Gasteiger partial charge in [0.25, 0.3) is 0 Å². The molecule has 0 saturated carbocycles. The molecule has 0 aromatic carbocycles. The van der Waals surface area contributed by atoms with E-state index in [1.165, 1.54) is 0 Å². The summed E-state index contributed by atoms with van der Waals surface area (Å²) in [5.74, 6) is 0. The van der Waals surface area contributed by atoms with Crippen LogP contribution in [0.25, 0.3) is 0 Å². The van der Waals surface area contributed by atoms with E-state index in [-0.39, 0.29) is 0 Å². The van der Waals surface area contributed by atoms with Crippen LogP contribution in [0.4, 0.5) is 5.69 Å². The van der Waals surface area contributed by atoms with Crippen molar-refractivity contribution in [3.8, 4) is 0 Å². The van der Waals surface area contributed by atoms with E-state index < -0.39 is 0 Å². The number of nitrogens with zero attached hydrogens (tertiary/aromatic N) is 2. The molecule has 2 heterocycles. The summed E-state index contributed by atoms with van der Waals surface area (Å²) < 4.78 is 0. The Balaban J connectivity index is 1.96. The normalized spacial score (nSPS) is 9.93. The lowest BCUT2D eigenvalue weighted by Crippen LogP contribution is -2.01. The molecule has 15 heavy (non-hydrogen) atoms. The van der Waals surface area contributed by atoms with Gasteiger partial charge in [-0.1, -0.05) is 17.7 Å². The predicted octanol–water partition coefficient (Wildman–Crippen LogP) is 2.74. The van der Waals surface area contributed by atoms with Crippen LogP contribution in [-0.4, -0.2) is 9.97 Å². The Morgan fingerprint density at radius 2 is 2.07 bits per heavy atom. The van der Waals surface area contributed by atoms with E-state index in [1.807, 2.05) is 24.3 Å². The fraction of sp³-hybridized carbons (Fsp3) is 0.0909. The third-order valence-electron chi connectivity index (χ3n) is 1.93. The van der Waals surface area contributed by atoms with Crippen molar-refractivity contribution in [1.82, 2.24) is 9.97 Å². The first-order valence-corrected chi connectivity index (χ1v) is 4.98. The minimum Gasteiger partial charge on any atom is -0.378 e. The Hall–Kier alpha value is -1.61. The van der Waals surface area contributed by atoms with Crippen LogP contribution in [0.2, 0.25) is 5.15 Å². The van der Waals surface area contributed by atoms with Gasteiger partial charge in [0.2, 0.25) is 0 Å². The highest BCUT2D eigenvalue weighted by Gasteiger charge is 1.94. The van der Waals surface area contributed by atoms with E-state index in [9.17, 15) is 0 Å². The molecule has 2 aromatic rings. The lowest BCUT2D eigenvalue weighted by atomic mass is 10.3. The third-order valence-corrected chi connectivity index (χ3v) is 2.15. The van der Waals surface area contributed by atoms with E-state index >= 15 is 0 Å². The molecule has 0 amide bonds. The fourth-order valence-corrected chi connectivity index (χ4v) is 1.29. The quantitative estimate of drug-likeness (QED) is 0.807. The van der Waals surface area contributed by atoms with Crippen LogP contribution in [0.3, 0.4) is 0 Å². The molecule has 0 aliphatic rings. The van der Waals surface area contributed by atoms with Gasteiger partial charge in [-0.3, -0.25) is 4.98 Å². The molecular weight excluding hydrogens is 210 g/mol. The number of aromatic nitrogens is 2. The molecular formula is C11H10ClN3. The zero-order valence-electron chi connectivity index (χ0n) is 8.02.